The number of nitrogens with zero attached hydrogens (tertiary/aromatic N) is 5. The number of aromatic nitrogens is 4. The number of methoxy groups -OCH3 is 1. The van der Waals surface area contributed by atoms with E-state index in [9.17, 15) is 14.4 Å². The minimum atomic E-state index is -0.477. The number of ether oxygens (including phenoxy) is 11. The molecule has 2 aromatic heterocycles. The fourth-order valence-electron chi connectivity index (χ4n) is 9.11. The zero-order valence-electron chi connectivity index (χ0n) is 42.3. The largest absolute Gasteiger partial charge is 0.460 e. The Morgan fingerprint density at radius 2 is 1.04 bits per heavy atom. The first-order valence-electron chi connectivity index (χ1n) is 26.1. The van der Waals surface area contributed by atoms with Crippen LogP contribution in [0.3, 0.4) is 0 Å². The molecular formula is C52H81N5O14. The van der Waals surface area contributed by atoms with Gasteiger partial charge in [0.1, 0.15) is 12.4 Å². The molecule has 71 heavy (non-hydrogen) atoms. The van der Waals surface area contributed by atoms with Gasteiger partial charge in [-0.1, -0.05) is 62.8 Å². The molecule has 19 nitrogen and oxygen atoms in total. The highest BCUT2D eigenvalue weighted by molar-refractivity contribution is 5.87. The van der Waals surface area contributed by atoms with Crippen LogP contribution in [-0.2, 0) is 76.7 Å². The highest BCUT2D eigenvalue weighted by atomic mass is 16.6. The van der Waals surface area contributed by atoms with Crippen molar-refractivity contribution in [3.63, 3.8) is 0 Å². The molecule has 0 N–H and O–H groups in total. The lowest BCUT2D eigenvalue weighted by Gasteiger charge is -2.28. The summed E-state index contributed by atoms with van der Waals surface area (Å²) in [6.45, 7) is 12.3. The summed E-state index contributed by atoms with van der Waals surface area (Å²) in [5, 5.41) is 0. The normalized spacial score (nSPS) is 16.5. The van der Waals surface area contributed by atoms with Crippen molar-refractivity contribution >= 4 is 23.2 Å². The highest BCUT2D eigenvalue weighted by Crippen LogP contribution is 2.29. The summed E-state index contributed by atoms with van der Waals surface area (Å²) >= 11 is 0. The van der Waals surface area contributed by atoms with E-state index in [0.717, 1.165) is 75.6 Å². The Morgan fingerprint density at radius 3 is 1.52 bits per heavy atom. The van der Waals surface area contributed by atoms with Crippen LogP contribution in [-0.4, -0.2) is 182 Å². The van der Waals surface area contributed by atoms with E-state index in [-0.39, 0.29) is 24.5 Å². The molecule has 19 heteroatoms. The van der Waals surface area contributed by atoms with Gasteiger partial charge in [0.15, 0.2) is 11.2 Å². The molecule has 0 radical (unpaired) electrons. The van der Waals surface area contributed by atoms with E-state index in [1.165, 1.54) is 23.5 Å². The molecule has 3 aromatic rings. The second kappa shape index (κ2) is 33.8. The van der Waals surface area contributed by atoms with Gasteiger partial charge in [0.25, 0.3) is 5.56 Å². The van der Waals surface area contributed by atoms with Gasteiger partial charge in [-0.25, -0.2) is 14.6 Å². The van der Waals surface area contributed by atoms with Gasteiger partial charge < -0.3 is 56.7 Å². The van der Waals surface area contributed by atoms with Crippen molar-refractivity contribution in [2.45, 2.75) is 84.0 Å². The lowest BCUT2D eigenvalue weighted by atomic mass is 9.89. The molecule has 1 saturated heterocycles. The highest BCUT2D eigenvalue weighted by Gasteiger charge is 2.27. The molecular weight excluding hydrogens is 919 g/mol. The maximum Gasteiger partial charge on any atom is 0.332 e. The molecule has 398 valence electrons. The number of carbonyl (C=O) groups excluding carboxylic acids is 1. The van der Waals surface area contributed by atoms with Gasteiger partial charge in [-0.05, 0) is 49.2 Å². The van der Waals surface area contributed by atoms with Crippen molar-refractivity contribution in [1.29, 1.82) is 0 Å². The summed E-state index contributed by atoms with van der Waals surface area (Å²) in [6, 6.07) is 7.73. The zero-order chi connectivity index (χ0) is 49.6. The van der Waals surface area contributed by atoms with Crippen LogP contribution in [0.25, 0.3) is 28.6 Å². The van der Waals surface area contributed by atoms with E-state index in [1.807, 2.05) is 33.4 Å². The van der Waals surface area contributed by atoms with Crippen molar-refractivity contribution in [3.8, 4) is 11.4 Å². The Hall–Kier alpha value is -3.86. The Balaban J connectivity index is 0.874. The van der Waals surface area contributed by atoms with Crippen molar-refractivity contribution in [1.82, 2.24) is 23.6 Å². The smallest absolute Gasteiger partial charge is 0.332 e. The summed E-state index contributed by atoms with van der Waals surface area (Å²) in [7, 11) is 1.64. The van der Waals surface area contributed by atoms with Crippen LogP contribution in [0.5, 0.6) is 0 Å². The van der Waals surface area contributed by atoms with Crippen molar-refractivity contribution in [3.05, 3.63) is 56.7 Å². The Bertz CT molecular complexity index is 2070. The van der Waals surface area contributed by atoms with Crippen molar-refractivity contribution < 1.29 is 56.9 Å². The second-order valence-corrected chi connectivity index (χ2v) is 18.2. The Labute approximate surface area is 418 Å². The molecule has 3 heterocycles. The Kier molecular flexibility index (Phi) is 26.9. The van der Waals surface area contributed by atoms with Crippen LogP contribution in [0.1, 0.15) is 69.8 Å². The van der Waals surface area contributed by atoms with Crippen molar-refractivity contribution in [2.75, 3.05) is 152 Å². The van der Waals surface area contributed by atoms with Crippen LogP contribution in [0.15, 0.2) is 39.9 Å². The second-order valence-electron chi connectivity index (χ2n) is 18.2. The number of esters is 1. The number of imidazole rings is 1. The zero-order valence-corrected chi connectivity index (χ0v) is 42.3. The molecule has 2 aliphatic carbocycles. The average molecular weight is 1000 g/mol. The summed E-state index contributed by atoms with van der Waals surface area (Å²) in [6.07, 6.45) is 14.3. The Morgan fingerprint density at radius 1 is 0.592 bits per heavy atom. The van der Waals surface area contributed by atoms with Crippen LogP contribution >= 0.6 is 0 Å². The van der Waals surface area contributed by atoms with Gasteiger partial charge in [-0.2, -0.15) is 0 Å². The number of morpholine rings is 1. The minimum absolute atomic E-state index is 0.111. The number of rotatable bonds is 36. The third-order valence-corrected chi connectivity index (χ3v) is 13.0. The predicted molar refractivity (Wildman–Crippen MR) is 268 cm³/mol. The monoisotopic (exact) mass is 1000 g/mol. The molecule has 0 spiro atoms. The van der Waals surface area contributed by atoms with Gasteiger partial charge in [0, 0.05) is 44.9 Å². The van der Waals surface area contributed by atoms with Gasteiger partial charge >= 0.3 is 11.7 Å². The van der Waals surface area contributed by atoms with Gasteiger partial charge in [-0.3, -0.25) is 18.8 Å². The minimum Gasteiger partial charge on any atom is -0.460 e. The summed E-state index contributed by atoms with van der Waals surface area (Å²) in [4.78, 5) is 49.0. The first kappa shape index (κ1) is 56.4. The van der Waals surface area contributed by atoms with Crippen molar-refractivity contribution in [2.24, 2.45) is 11.8 Å². The molecule has 6 rings (SSSR count). The molecule has 0 bridgehead atoms. The van der Waals surface area contributed by atoms with Gasteiger partial charge in [-0.15, -0.1) is 0 Å². The molecule has 2 saturated carbocycles. The first-order valence-corrected chi connectivity index (χ1v) is 26.1. The number of carbonyl (C=O) groups is 1. The van der Waals surface area contributed by atoms with E-state index >= 15 is 0 Å². The standard InChI is InChI=1S/C52H81N5O14/c1-61-22-23-63-24-25-64-26-27-65-28-29-66-30-31-67-32-33-68-34-35-69-36-37-70-38-39-71-47(58)17-14-43-12-15-46(16-13-43)49-53-50-48(57(49)42-54-18-20-62-21-19-54)51(59)56(41-45-10-6-3-7-11-45)52(60)55(50)40-44-8-4-2-5-9-44/h12-17,44-45H,2-11,18-42H2,1H3/b17-14+. The number of hydrogen-bond donors (Lipinski definition) is 0. The lowest BCUT2D eigenvalue weighted by molar-refractivity contribution is -0.139. The number of benzene rings is 1. The quantitative estimate of drug-likeness (QED) is 0.0439. The summed E-state index contributed by atoms with van der Waals surface area (Å²) in [5.41, 5.74) is 2.07. The maximum atomic E-state index is 14.6. The van der Waals surface area contributed by atoms with Gasteiger partial charge in [0.2, 0.25) is 0 Å². The maximum absolute atomic E-state index is 14.6. The molecule has 0 atom stereocenters. The molecule has 0 unspecified atom stereocenters. The summed E-state index contributed by atoms with van der Waals surface area (Å²) < 4.78 is 65.1. The van der Waals surface area contributed by atoms with Crippen LogP contribution < -0.4 is 11.2 Å². The van der Waals surface area contributed by atoms with E-state index < -0.39 is 5.97 Å². The fraction of sp³-hybridized carbons (Fsp3) is 0.731. The number of hydrogen-bond acceptors (Lipinski definition) is 16. The van der Waals surface area contributed by atoms with E-state index in [1.54, 1.807) is 13.2 Å². The topological polar surface area (TPSA) is 184 Å². The third-order valence-electron chi connectivity index (χ3n) is 13.0. The SMILES string of the molecule is COCCOCCOCCOCCOCCOCCOCCOCCOCCOC(=O)/C=C/c1ccc(-c2nc3c(c(=O)n(CC4CCCCC4)c(=O)n3CC3CCCCC3)n2CN2CCOCC2)cc1. The first-order chi connectivity index (χ1) is 35.0. The van der Waals surface area contributed by atoms with E-state index in [2.05, 4.69) is 4.90 Å². The van der Waals surface area contributed by atoms with E-state index in [4.69, 9.17) is 57.1 Å². The molecule has 1 aromatic carbocycles. The lowest BCUT2D eigenvalue weighted by Crippen LogP contribution is -2.44. The molecule has 3 fully saturated rings. The van der Waals surface area contributed by atoms with Crippen LogP contribution in [0.4, 0.5) is 0 Å². The summed E-state index contributed by atoms with van der Waals surface area (Å²) in [5.74, 6) is 0.843. The molecule has 3 aliphatic rings. The average Bonchev–Trinajstić information content (AvgIpc) is 3.77. The molecule has 1 aliphatic heterocycles. The third kappa shape index (κ3) is 20.2. The fourth-order valence-corrected chi connectivity index (χ4v) is 9.11. The van der Waals surface area contributed by atoms with E-state index in [0.29, 0.717) is 168 Å². The predicted octanol–water partition coefficient (Wildman–Crippen LogP) is 4.81. The van der Waals surface area contributed by atoms with Crippen LogP contribution in [0, 0.1) is 11.8 Å². The number of fused-ring (bicyclic) bond motifs is 1. The van der Waals surface area contributed by atoms with Gasteiger partial charge in [0.05, 0.1) is 132 Å². The molecule has 0 amide bonds. The van der Waals surface area contributed by atoms with Crippen LogP contribution in [0.2, 0.25) is 0 Å².